The van der Waals surface area contributed by atoms with Gasteiger partial charge in [-0.2, -0.15) is 0 Å². The number of carbonyl (C=O) groups is 3. The minimum Gasteiger partial charge on any atom is -0.325 e. The van der Waals surface area contributed by atoms with Crippen LogP contribution < -0.4 is 16.0 Å². The predicted molar refractivity (Wildman–Crippen MR) is 156 cm³/mol. The van der Waals surface area contributed by atoms with Gasteiger partial charge >= 0.3 is 0 Å². The molecule has 0 bridgehead atoms. The molecule has 3 amide bonds. The summed E-state index contributed by atoms with van der Waals surface area (Å²) in [4.78, 5) is 43.7. The Labute approximate surface area is 231 Å². The number of rotatable bonds is 9. The Bertz CT molecular complexity index is 1490. The van der Waals surface area contributed by atoms with Crippen molar-refractivity contribution in [1.29, 1.82) is 0 Å². The highest BCUT2D eigenvalue weighted by atomic mass is 32.2. The van der Waals surface area contributed by atoms with Gasteiger partial charge in [0.1, 0.15) is 5.70 Å². The summed E-state index contributed by atoms with van der Waals surface area (Å²) in [7, 11) is 0. The van der Waals surface area contributed by atoms with Crippen molar-refractivity contribution >= 4 is 46.9 Å². The standard InChI is InChI=1S/C31H28N4O3S/c1-21-10-6-7-16-27(21)34-29(36)22(2)39-26-15-8-14-25(19-26)33-31(38)28(18-23-11-9-17-32-20-23)35-30(37)24-12-4-3-5-13-24/h3-20,22H,1-2H3,(H,33,38)(H,34,36)(H,35,37)/b28-18-. The fourth-order valence-corrected chi connectivity index (χ4v) is 4.55. The van der Waals surface area contributed by atoms with Gasteiger partial charge < -0.3 is 16.0 Å². The van der Waals surface area contributed by atoms with E-state index >= 15 is 0 Å². The van der Waals surface area contributed by atoms with Crippen LogP contribution in [0.3, 0.4) is 0 Å². The average Bonchev–Trinajstić information content (AvgIpc) is 2.95. The zero-order valence-electron chi connectivity index (χ0n) is 21.5. The molecule has 8 heteroatoms. The van der Waals surface area contributed by atoms with Crippen LogP contribution in [-0.4, -0.2) is 28.0 Å². The van der Waals surface area contributed by atoms with E-state index < -0.39 is 11.8 Å². The molecule has 7 nitrogen and oxygen atoms in total. The van der Waals surface area contributed by atoms with Crippen molar-refractivity contribution in [2.45, 2.75) is 24.0 Å². The molecular weight excluding hydrogens is 508 g/mol. The minimum atomic E-state index is -0.490. The van der Waals surface area contributed by atoms with Gasteiger partial charge in [-0.15, -0.1) is 11.8 Å². The third-order valence-corrected chi connectivity index (χ3v) is 6.79. The van der Waals surface area contributed by atoms with Crippen molar-refractivity contribution in [3.05, 3.63) is 126 Å². The highest BCUT2D eigenvalue weighted by Gasteiger charge is 2.18. The zero-order chi connectivity index (χ0) is 27.6. The van der Waals surface area contributed by atoms with Crippen LogP contribution in [-0.2, 0) is 9.59 Å². The number of benzene rings is 3. The Kier molecular flexibility index (Phi) is 9.26. The van der Waals surface area contributed by atoms with E-state index in [4.69, 9.17) is 0 Å². The second-order valence-corrected chi connectivity index (χ2v) is 10.1. The molecule has 1 aromatic heterocycles. The van der Waals surface area contributed by atoms with E-state index in [9.17, 15) is 14.4 Å². The summed E-state index contributed by atoms with van der Waals surface area (Å²) in [5.41, 5.74) is 3.46. The van der Waals surface area contributed by atoms with Crippen molar-refractivity contribution in [1.82, 2.24) is 10.3 Å². The lowest BCUT2D eigenvalue weighted by Gasteiger charge is -2.15. The van der Waals surface area contributed by atoms with Gasteiger partial charge in [0.05, 0.1) is 5.25 Å². The molecule has 1 atom stereocenters. The van der Waals surface area contributed by atoms with Gasteiger partial charge in [0.2, 0.25) is 5.91 Å². The van der Waals surface area contributed by atoms with E-state index in [1.165, 1.54) is 11.8 Å². The fourth-order valence-electron chi connectivity index (χ4n) is 3.62. The quantitative estimate of drug-likeness (QED) is 0.182. The van der Waals surface area contributed by atoms with E-state index in [1.807, 2.05) is 50.2 Å². The predicted octanol–water partition coefficient (Wildman–Crippen LogP) is 5.92. The molecule has 0 aliphatic carbocycles. The summed E-state index contributed by atoms with van der Waals surface area (Å²) >= 11 is 1.38. The maximum absolute atomic E-state index is 13.3. The van der Waals surface area contributed by atoms with E-state index in [-0.39, 0.29) is 16.9 Å². The maximum Gasteiger partial charge on any atom is 0.272 e. The first kappa shape index (κ1) is 27.3. The normalized spacial score (nSPS) is 11.8. The molecule has 0 spiro atoms. The third-order valence-electron chi connectivity index (χ3n) is 5.70. The van der Waals surface area contributed by atoms with Gasteiger partial charge in [-0.1, -0.05) is 48.5 Å². The molecule has 1 unspecified atom stereocenters. The minimum absolute atomic E-state index is 0.0703. The van der Waals surface area contributed by atoms with E-state index in [0.29, 0.717) is 16.8 Å². The summed E-state index contributed by atoms with van der Waals surface area (Å²) < 4.78 is 0. The molecule has 0 saturated carbocycles. The van der Waals surface area contributed by atoms with Gasteiger partial charge in [-0.3, -0.25) is 19.4 Å². The summed E-state index contributed by atoms with van der Waals surface area (Å²) in [6.07, 6.45) is 4.80. The molecule has 4 rings (SSSR count). The van der Waals surface area contributed by atoms with Crippen LogP contribution in [0, 0.1) is 6.92 Å². The zero-order valence-corrected chi connectivity index (χ0v) is 22.4. The number of nitrogens with one attached hydrogen (secondary N) is 3. The number of anilines is 2. The van der Waals surface area contributed by atoms with Crippen LogP contribution in [0.25, 0.3) is 6.08 Å². The first-order valence-electron chi connectivity index (χ1n) is 12.3. The molecule has 0 aliphatic heterocycles. The number of hydrogen-bond acceptors (Lipinski definition) is 5. The molecule has 39 heavy (non-hydrogen) atoms. The number of amides is 3. The number of para-hydroxylation sites is 1. The lowest BCUT2D eigenvalue weighted by atomic mass is 10.2. The first-order chi connectivity index (χ1) is 18.9. The number of nitrogens with zero attached hydrogens (tertiary/aromatic N) is 1. The summed E-state index contributed by atoms with van der Waals surface area (Å²) in [5.74, 6) is -1.01. The number of aryl methyl sites for hydroxylation is 1. The van der Waals surface area contributed by atoms with Crippen LogP contribution >= 0.6 is 11.8 Å². The Morgan fingerprint density at radius 1 is 0.872 bits per heavy atom. The molecular formula is C31H28N4O3S. The van der Waals surface area contributed by atoms with Gasteiger partial charge in [0.25, 0.3) is 11.8 Å². The number of thioether (sulfide) groups is 1. The smallest absolute Gasteiger partial charge is 0.272 e. The highest BCUT2D eigenvalue weighted by Crippen LogP contribution is 2.27. The SMILES string of the molecule is Cc1ccccc1NC(=O)C(C)Sc1cccc(NC(=O)/C(=C/c2cccnc2)NC(=O)c2ccccc2)c1. The second-order valence-electron chi connectivity index (χ2n) is 8.71. The largest absolute Gasteiger partial charge is 0.325 e. The summed E-state index contributed by atoms with van der Waals surface area (Å²) in [5, 5.41) is 8.16. The van der Waals surface area contributed by atoms with E-state index in [1.54, 1.807) is 73.1 Å². The molecule has 1 heterocycles. The molecule has 4 aromatic rings. The average molecular weight is 537 g/mol. The van der Waals surface area contributed by atoms with Crippen molar-refractivity contribution in [2.75, 3.05) is 10.6 Å². The topological polar surface area (TPSA) is 100 Å². The Hall–Kier alpha value is -4.69. The maximum atomic E-state index is 13.3. The van der Waals surface area contributed by atoms with Crippen LogP contribution in [0.15, 0.2) is 114 Å². The van der Waals surface area contributed by atoms with Gasteiger partial charge in [0, 0.05) is 34.2 Å². The van der Waals surface area contributed by atoms with E-state index in [2.05, 4.69) is 20.9 Å². The van der Waals surface area contributed by atoms with Crippen LogP contribution in [0.4, 0.5) is 11.4 Å². The number of pyridine rings is 1. The molecule has 0 radical (unpaired) electrons. The molecule has 196 valence electrons. The molecule has 0 saturated heterocycles. The van der Waals surface area contributed by atoms with Crippen molar-refractivity contribution in [3.63, 3.8) is 0 Å². The lowest BCUT2D eigenvalue weighted by Crippen LogP contribution is -2.30. The molecule has 3 aromatic carbocycles. The van der Waals surface area contributed by atoms with Crippen LogP contribution in [0.5, 0.6) is 0 Å². The molecule has 0 aliphatic rings. The van der Waals surface area contributed by atoms with Crippen LogP contribution in [0.2, 0.25) is 0 Å². The highest BCUT2D eigenvalue weighted by molar-refractivity contribution is 8.00. The molecule has 3 N–H and O–H groups in total. The third kappa shape index (κ3) is 7.90. The lowest BCUT2D eigenvalue weighted by molar-refractivity contribution is -0.115. The number of hydrogen-bond donors (Lipinski definition) is 3. The Morgan fingerprint density at radius 2 is 1.64 bits per heavy atom. The van der Waals surface area contributed by atoms with Crippen molar-refractivity contribution in [2.24, 2.45) is 0 Å². The second kappa shape index (κ2) is 13.2. The van der Waals surface area contributed by atoms with Gasteiger partial charge in [-0.25, -0.2) is 0 Å². The van der Waals surface area contributed by atoms with Gasteiger partial charge in [-0.05, 0) is 73.5 Å². The Balaban J connectivity index is 1.46. The summed E-state index contributed by atoms with van der Waals surface area (Å²) in [6, 6.07) is 27.0. The van der Waals surface area contributed by atoms with Crippen molar-refractivity contribution < 1.29 is 14.4 Å². The Morgan fingerprint density at radius 3 is 2.38 bits per heavy atom. The molecule has 0 fully saturated rings. The van der Waals surface area contributed by atoms with Gasteiger partial charge in [0.15, 0.2) is 0 Å². The van der Waals surface area contributed by atoms with Crippen LogP contribution in [0.1, 0.15) is 28.4 Å². The monoisotopic (exact) mass is 536 g/mol. The fraction of sp³-hybridized carbons (Fsp3) is 0.0968. The van der Waals surface area contributed by atoms with Crippen molar-refractivity contribution in [3.8, 4) is 0 Å². The number of carbonyl (C=O) groups excluding carboxylic acids is 3. The first-order valence-corrected chi connectivity index (χ1v) is 13.2. The van der Waals surface area contributed by atoms with E-state index in [0.717, 1.165) is 16.1 Å². The summed E-state index contributed by atoms with van der Waals surface area (Å²) in [6.45, 7) is 3.77. The number of aromatic nitrogens is 1.